The van der Waals surface area contributed by atoms with E-state index in [2.05, 4.69) is 0 Å². The Morgan fingerprint density at radius 3 is 2.42 bits per heavy atom. The second kappa shape index (κ2) is 6.60. The molecule has 4 nitrogen and oxygen atoms in total. The van der Waals surface area contributed by atoms with Crippen LogP contribution in [0.4, 0.5) is 26.3 Å². The molecule has 1 N–H and O–H groups in total. The lowest BCUT2D eigenvalue weighted by Crippen LogP contribution is -2.38. The zero-order valence-corrected chi connectivity index (χ0v) is 12.1. The van der Waals surface area contributed by atoms with Crippen molar-refractivity contribution >= 4 is 5.91 Å². The van der Waals surface area contributed by atoms with E-state index in [1.54, 1.807) is 0 Å². The maximum atomic E-state index is 13.1. The summed E-state index contributed by atoms with van der Waals surface area (Å²) in [7, 11) is 0. The molecule has 1 amide bonds. The Morgan fingerprint density at radius 2 is 1.83 bits per heavy atom. The number of alkyl halides is 6. The topological polar surface area (TPSA) is 49.8 Å². The molecule has 1 atom stereocenters. The highest BCUT2D eigenvalue weighted by Crippen LogP contribution is 2.37. The standard InChI is InChI=1S/C14H13F6NO3/c15-13(16,17)8-1-2-10(11(5-8)14(18,19)20)12(23)21-3-4-24-7-9(22)6-21/h1-2,5,9,22H,3-4,6-7H2. The number of β-amino-alcohol motifs (C(OH)–C–C–N with tert-alkyl or cyclic N) is 1. The number of halogens is 6. The molecule has 0 aliphatic carbocycles. The highest BCUT2D eigenvalue weighted by atomic mass is 19.4. The van der Waals surface area contributed by atoms with Gasteiger partial charge in [0.05, 0.1) is 36.0 Å². The molecule has 1 aliphatic heterocycles. The van der Waals surface area contributed by atoms with Crippen molar-refractivity contribution in [3.05, 3.63) is 34.9 Å². The molecule has 1 aromatic rings. The van der Waals surface area contributed by atoms with Gasteiger partial charge in [-0.05, 0) is 18.2 Å². The summed E-state index contributed by atoms with van der Waals surface area (Å²) < 4.78 is 82.1. The Morgan fingerprint density at radius 1 is 1.17 bits per heavy atom. The van der Waals surface area contributed by atoms with E-state index < -0.39 is 41.1 Å². The van der Waals surface area contributed by atoms with Crippen molar-refractivity contribution in [2.24, 2.45) is 0 Å². The van der Waals surface area contributed by atoms with Crippen molar-refractivity contribution in [1.29, 1.82) is 0 Å². The minimum Gasteiger partial charge on any atom is -0.389 e. The highest BCUT2D eigenvalue weighted by molar-refractivity contribution is 5.96. The number of carbonyl (C=O) groups is 1. The van der Waals surface area contributed by atoms with Gasteiger partial charge in [0.2, 0.25) is 0 Å². The van der Waals surface area contributed by atoms with Crippen molar-refractivity contribution in [2.75, 3.05) is 26.3 Å². The zero-order chi connectivity index (χ0) is 18.1. The molecular formula is C14H13F6NO3. The first kappa shape index (κ1) is 18.5. The first-order valence-electron chi connectivity index (χ1n) is 6.83. The molecule has 0 saturated carbocycles. The average Bonchev–Trinajstić information content (AvgIpc) is 2.68. The molecule has 1 aliphatic rings. The third-order valence-corrected chi connectivity index (χ3v) is 3.42. The van der Waals surface area contributed by atoms with Gasteiger partial charge in [-0.2, -0.15) is 26.3 Å². The van der Waals surface area contributed by atoms with E-state index in [4.69, 9.17) is 4.74 Å². The van der Waals surface area contributed by atoms with E-state index in [0.29, 0.717) is 12.1 Å². The number of carbonyl (C=O) groups excluding carboxylic acids is 1. The number of hydrogen-bond donors (Lipinski definition) is 1. The SMILES string of the molecule is O=C(c1ccc(C(F)(F)F)cc1C(F)(F)F)N1CCOCC(O)C1. The molecule has 0 bridgehead atoms. The van der Waals surface area contributed by atoms with Crippen LogP contribution in [0.15, 0.2) is 18.2 Å². The first-order chi connectivity index (χ1) is 11.0. The van der Waals surface area contributed by atoms with Gasteiger partial charge in [0.15, 0.2) is 0 Å². The molecule has 2 rings (SSSR count). The Labute approximate surface area is 132 Å². The van der Waals surface area contributed by atoms with Crippen LogP contribution in [0.3, 0.4) is 0 Å². The fourth-order valence-corrected chi connectivity index (χ4v) is 2.29. The highest BCUT2D eigenvalue weighted by Gasteiger charge is 2.40. The fourth-order valence-electron chi connectivity index (χ4n) is 2.29. The van der Waals surface area contributed by atoms with Crippen molar-refractivity contribution in [3.63, 3.8) is 0 Å². The first-order valence-corrected chi connectivity index (χ1v) is 6.83. The summed E-state index contributed by atoms with van der Waals surface area (Å²) in [6, 6.07) is 0.845. The summed E-state index contributed by atoms with van der Waals surface area (Å²) in [5.74, 6) is -1.11. The second-order valence-corrected chi connectivity index (χ2v) is 5.24. The van der Waals surface area contributed by atoms with Gasteiger partial charge in [-0.3, -0.25) is 4.79 Å². The summed E-state index contributed by atoms with van der Waals surface area (Å²) >= 11 is 0. The van der Waals surface area contributed by atoms with Gasteiger partial charge in [0, 0.05) is 13.1 Å². The van der Waals surface area contributed by atoms with Crippen molar-refractivity contribution in [3.8, 4) is 0 Å². The van der Waals surface area contributed by atoms with Gasteiger partial charge in [-0.15, -0.1) is 0 Å². The van der Waals surface area contributed by atoms with Crippen LogP contribution in [0.2, 0.25) is 0 Å². The number of nitrogens with zero attached hydrogens (tertiary/aromatic N) is 1. The molecule has 1 aromatic carbocycles. The molecule has 24 heavy (non-hydrogen) atoms. The van der Waals surface area contributed by atoms with Crippen LogP contribution >= 0.6 is 0 Å². The van der Waals surface area contributed by atoms with E-state index >= 15 is 0 Å². The predicted octanol–water partition coefficient (Wildman–Crippen LogP) is 2.56. The summed E-state index contributed by atoms with van der Waals surface area (Å²) in [5.41, 5.74) is -4.06. The number of amides is 1. The van der Waals surface area contributed by atoms with E-state index in [1.165, 1.54) is 0 Å². The maximum absolute atomic E-state index is 13.1. The Bertz CT molecular complexity index is 614. The number of hydrogen-bond acceptors (Lipinski definition) is 3. The van der Waals surface area contributed by atoms with Gasteiger partial charge < -0.3 is 14.7 Å². The van der Waals surface area contributed by atoms with Gasteiger partial charge in [0.25, 0.3) is 5.91 Å². The smallest absolute Gasteiger partial charge is 0.389 e. The predicted molar refractivity (Wildman–Crippen MR) is 69.2 cm³/mol. The molecule has 134 valence electrons. The summed E-state index contributed by atoms with van der Waals surface area (Å²) in [6.07, 6.45) is -11.2. The lowest BCUT2D eigenvalue weighted by atomic mass is 10.0. The number of aliphatic hydroxyl groups is 1. The van der Waals surface area contributed by atoms with E-state index in [9.17, 15) is 36.2 Å². The van der Waals surface area contributed by atoms with Crippen molar-refractivity contribution in [2.45, 2.75) is 18.5 Å². The molecule has 1 unspecified atom stereocenters. The Balaban J connectivity index is 2.43. The molecule has 1 fully saturated rings. The number of rotatable bonds is 1. The molecule has 0 radical (unpaired) electrons. The van der Waals surface area contributed by atoms with E-state index in [-0.39, 0.29) is 32.4 Å². The largest absolute Gasteiger partial charge is 0.417 e. The Hall–Kier alpha value is -1.81. The van der Waals surface area contributed by atoms with Gasteiger partial charge >= 0.3 is 12.4 Å². The van der Waals surface area contributed by atoms with Crippen LogP contribution in [0.1, 0.15) is 21.5 Å². The number of benzene rings is 1. The van der Waals surface area contributed by atoms with Crippen molar-refractivity contribution < 1.29 is 41.0 Å². The fraction of sp³-hybridized carbons (Fsp3) is 0.500. The molecule has 1 saturated heterocycles. The summed E-state index contributed by atoms with van der Waals surface area (Å²) in [6.45, 7) is -0.418. The van der Waals surface area contributed by atoms with Crippen molar-refractivity contribution in [1.82, 2.24) is 4.90 Å². The van der Waals surface area contributed by atoms with Crippen LogP contribution in [-0.2, 0) is 17.1 Å². The van der Waals surface area contributed by atoms with Crippen LogP contribution < -0.4 is 0 Å². The molecule has 1 heterocycles. The second-order valence-electron chi connectivity index (χ2n) is 5.24. The van der Waals surface area contributed by atoms with Crippen LogP contribution in [0.25, 0.3) is 0 Å². The third-order valence-electron chi connectivity index (χ3n) is 3.42. The lowest BCUT2D eigenvalue weighted by Gasteiger charge is -2.23. The normalized spacial score (nSPS) is 20.0. The van der Waals surface area contributed by atoms with E-state index in [1.807, 2.05) is 0 Å². The third kappa shape index (κ3) is 4.18. The summed E-state index contributed by atoms with van der Waals surface area (Å²) in [4.78, 5) is 13.2. The van der Waals surface area contributed by atoms with Gasteiger partial charge in [-0.25, -0.2) is 0 Å². The van der Waals surface area contributed by atoms with Crippen LogP contribution in [-0.4, -0.2) is 48.3 Å². The monoisotopic (exact) mass is 357 g/mol. The minimum absolute atomic E-state index is 0.00475. The summed E-state index contributed by atoms with van der Waals surface area (Å²) in [5, 5.41) is 9.55. The quantitative estimate of drug-likeness (QED) is 0.786. The lowest BCUT2D eigenvalue weighted by molar-refractivity contribution is -0.143. The molecule has 10 heteroatoms. The van der Waals surface area contributed by atoms with Crippen LogP contribution in [0, 0.1) is 0 Å². The van der Waals surface area contributed by atoms with E-state index in [0.717, 1.165) is 4.90 Å². The zero-order valence-electron chi connectivity index (χ0n) is 12.1. The molecular weight excluding hydrogens is 344 g/mol. The molecule has 0 spiro atoms. The maximum Gasteiger partial charge on any atom is 0.417 e. The minimum atomic E-state index is -5.13. The average molecular weight is 357 g/mol. The number of aliphatic hydroxyl groups excluding tert-OH is 1. The Kier molecular flexibility index (Phi) is 5.09. The molecule has 0 aromatic heterocycles. The number of ether oxygens (including phenoxy) is 1. The van der Waals surface area contributed by atoms with Gasteiger partial charge in [-0.1, -0.05) is 0 Å². The van der Waals surface area contributed by atoms with Crippen LogP contribution in [0.5, 0.6) is 0 Å². The van der Waals surface area contributed by atoms with Gasteiger partial charge in [0.1, 0.15) is 0 Å².